The van der Waals surface area contributed by atoms with Crippen molar-refractivity contribution in [3.63, 3.8) is 0 Å². The molecule has 7 nitrogen and oxygen atoms in total. The Morgan fingerprint density at radius 3 is 2.72 bits per heavy atom. The molecule has 0 bridgehead atoms. The lowest BCUT2D eigenvalue weighted by molar-refractivity contribution is -0.139. The molecule has 0 saturated carbocycles. The third-order valence-electron chi connectivity index (χ3n) is 1.98. The average molecular weight is 251 g/mol. The molecule has 0 aliphatic heterocycles. The van der Waals surface area contributed by atoms with Crippen LogP contribution in [0.5, 0.6) is 0 Å². The van der Waals surface area contributed by atoms with Gasteiger partial charge in [-0.1, -0.05) is 12.7 Å². The fraction of sp³-hybridized carbons (Fsp3) is 0.273. The highest BCUT2D eigenvalue weighted by Crippen LogP contribution is 2.00. The molecule has 0 aliphatic rings. The van der Waals surface area contributed by atoms with Crippen LogP contribution in [0, 0.1) is 0 Å². The first-order valence-corrected chi connectivity index (χ1v) is 5.14. The lowest BCUT2D eigenvalue weighted by Crippen LogP contribution is -2.42. The fourth-order valence-corrected chi connectivity index (χ4v) is 1.19. The van der Waals surface area contributed by atoms with Gasteiger partial charge >= 0.3 is 12.1 Å². The number of nitrogens with zero attached hydrogens (tertiary/aromatic N) is 2. The van der Waals surface area contributed by atoms with Crippen LogP contribution in [-0.4, -0.2) is 39.8 Å². The van der Waals surface area contributed by atoms with Crippen molar-refractivity contribution in [3.05, 3.63) is 36.9 Å². The van der Waals surface area contributed by atoms with Crippen LogP contribution in [-0.2, 0) is 16.0 Å². The minimum absolute atomic E-state index is 0.0205. The summed E-state index contributed by atoms with van der Waals surface area (Å²) in [5, 5.41) is 11.2. The van der Waals surface area contributed by atoms with Crippen molar-refractivity contribution >= 4 is 12.1 Å². The molecule has 7 heteroatoms. The van der Waals surface area contributed by atoms with Gasteiger partial charge in [-0.3, -0.25) is 0 Å². The molecule has 1 amide bonds. The van der Waals surface area contributed by atoms with E-state index in [-0.39, 0.29) is 13.0 Å². The van der Waals surface area contributed by atoms with Gasteiger partial charge in [0.1, 0.15) is 19.0 Å². The normalized spacial score (nSPS) is 11.3. The van der Waals surface area contributed by atoms with E-state index in [1.807, 2.05) is 0 Å². The highest BCUT2D eigenvalue weighted by Gasteiger charge is 2.21. The summed E-state index contributed by atoms with van der Waals surface area (Å²) >= 11 is 0. The van der Waals surface area contributed by atoms with Gasteiger partial charge in [-0.05, 0) is 5.56 Å². The number of amides is 1. The van der Waals surface area contributed by atoms with Crippen molar-refractivity contribution in [3.8, 4) is 0 Å². The number of hydrogen-bond acceptors (Lipinski definition) is 5. The molecule has 0 spiro atoms. The van der Waals surface area contributed by atoms with E-state index in [0.29, 0.717) is 5.56 Å². The number of nitrogens with one attached hydrogen (secondary N) is 1. The number of carboxylic acid groups (broad SMARTS) is 1. The number of hydrogen-bond donors (Lipinski definition) is 2. The molecule has 18 heavy (non-hydrogen) atoms. The van der Waals surface area contributed by atoms with Crippen molar-refractivity contribution < 1.29 is 19.4 Å². The zero-order chi connectivity index (χ0) is 13.4. The Hall–Kier alpha value is -2.44. The lowest BCUT2D eigenvalue weighted by Gasteiger charge is -2.13. The van der Waals surface area contributed by atoms with Crippen LogP contribution in [0.4, 0.5) is 4.79 Å². The molecule has 0 saturated heterocycles. The van der Waals surface area contributed by atoms with Crippen molar-refractivity contribution in [2.45, 2.75) is 12.5 Å². The van der Waals surface area contributed by atoms with Gasteiger partial charge in [-0.25, -0.2) is 19.6 Å². The monoisotopic (exact) mass is 251 g/mol. The Bertz CT molecular complexity index is 422. The van der Waals surface area contributed by atoms with Crippen LogP contribution in [0.1, 0.15) is 5.56 Å². The number of carbonyl (C=O) groups excluding carboxylic acids is 1. The SMILES string of the molecule is C=CCOC(=O)N[C@H](Cc1cncnc1)C(=O)O. The molecule has 2 N–H and O–H groups in total. The first kappa shape index (κ1) is 13.6. The van der Waals surface area contributed by atoms with Gasteiger partial charge in [0, 0.05) is 18.8 Å². The predicted octanol–water partition coefficient (Wildman–Crippen LogP) is 0.385. The van der Waals surface area contributed by atoms with E-state index in [1.165, 1.54) is 24.8 Å². The Kier molecular flexibility index (Phi) is 5.30. The molecule has 1 atom stereocenters. The summed E-state index contributed by atoms with van der Waals surface area (Å²) in [4.78, 5) is 29.7. The molecular formula is C11H13N3O4. The van der Waals surface area contributed by atoms with E-state index in [4.69, 9.17) is 5.11 Å². The summed E-state index contributed by atoms with van der Waals surface area (Å²) in [6, 6.07) is -1.09. The summed E-state index contributed by atoms with van der Waals surface area (Å²) in [7, 11) is 0. The number of aliphatic carboxylic acids is 1. The second kappa shape index (κ2) is 7.00. The van der Waals surface area contributed by atoms with Gasteiger partial charge in [-0.2, -0.15) is 0 Å². The minimum atomic E-state index is -1.16. The number of alkyl carbamates (subject to hydrolysis) is 1. The largest absolute Gasteiger partial charge is 0.480 e. The number of ether oxygens (including phenoxy) is 1. The molecule has 1 rings (SSSR count). The zero-order valence-corrected chi connectivity index (χ0v) is 9.57. The second-order valence-corrected chi connectivity index (χ2v) is 3.37. The highest BCUT2D eigenvalue weighted by molar-refractivity contribution is 5.80. The molecule has 1 aromatic rings. The van der Waals surface area contributed by atoms with Gasteiger partial charge in [0.05, 0.1) is 0 Å². The van der Waals surface area contributed by atoms with Gasteiger partial charge < -0.3 is 15.2 Å². The Labute approximate surface area is 104 Å². The number of carboxylic acids is 1. The van der Waals surface area contributed by atoms with Gasteiger partial charge in [-0.15, -0.1) is 0 Å². The maximum Gasteiger partial charge on any atom is 0.408 e. The molecule has 0 fully saturated rings. The second-order valence-electron chi connectivity index (χ2n) is 3.37. The van der Waals surface area contributed by atoms with Crippen LogP contribution in [0.25, 0.3) is 0 Å². The fourth-order valence-electron chi connectivity index (χ4n) is 1.19. The van der Waals surface area contributed by atoms with E-state index in [9.17, 15) is 9.59 Å². The number of carbonyl (C=O) groups is 2. The van der Waals surface area contributed by atoms with E-state index in [0.717, 1.165) is 0 Å². The molecule has 1 heterocycles. The van der Waals surface area contributed by atoms with Crippen LogP contribution < -0.4 is 5.32 Å². The van der Waals surface area contributed by atoms with E-state index >= 15 is 0 Å². The maximum absolute atomic E-state index is 11.2. The summed E-state index contributed by atoms with van der Waals surface area (Å²) in [6.45, 7) is 3.40. The maximum atomic E-state index is 11.2. The first-order chi connectivity index (χ1) is 8.63. The van der Waals surface area contributed by atoms with Gasteiger partial charge in [0.2, 0.25) is 0 Å². The quantitative estimate of drug-likeness (QED) is 0.709. The summed E-state index contributed by atoms with van der Waals surface area (Å²) < 4.78 is 4.65. The summed E-state index contributed by atoms with van der Waals surface area (Å²) in [5.74, 6) is -1.16. The Morgan fingerprint density at radius 2 is 2.17 bits per heavy atom. The molecule has 1 aromatic heterocycles. The van der Waals surface area contributed by atoms with E-state index in [2.05, 4.69) is 26.6 Å². The predicted molar refractivity (Wildman–Crippen MR) is 61.8 cm³/mol. The van der Waals surface area contributed by atoms with Crippen LogP contribution >= 0.6 is 0 Å². The van der Waals surface area contributed by atoms with Gasteiger partial charge in [0.15, 0.2) is 0 Å². The Morgan fingerprint density at radius 1 is 1.50 bits per heavy atom. The van der Waals surface area contributed by atoms with E-state index in [1.54, 1.807) is 0 Å². The summed E-state index contributed by atoms with van der Waals surface area (Å²) in [6.07, 6.45) is 4.98. The van der Waals surface area contributed by atoms with Crippen LogP contribution in [0.3, 0.4) is 0 Å². The third kappa shape index (κ3) is 4.60. The third-order valence-corrected chi connectivity index (χ3v) is 1.98. The van der Waals surface area contributed by atoms with Gasteiger partial charge in [0.25, 0.3) is 0 Å². The molecule has 0 unspecified atom stereocenters. The molecule has 0 aliphatic carbocycles. The molecular weight excluding hydrogens is 238 g/mol. The van der Waals surface area contributed by atoms with Crippen LogP contribution in [0.2, 0.25) is 0 Å². The Balaban J connectivity index is 2.58. The summed E-state index contributed by atoms with van der Waals surface area (Å²) in [5.41, 5.74) is 0.605. The smallest absolute Gasteiger partial charge is 0.408 e. The van der Waals surface area contributed by atoms with Crippen molar-refractivity contribution in [2.75, 3.05) is 6.61 Å². The zero-order valence-electron chi connectivity index (χ0n) is 9.57. The van der Waals surface area contributed by atoms with Crippen molar-refractivity contribution in [2.24, 2.45) is 0 Å². The standard InChI is InChI=1S/C11H13N3O4/c1-2-3-18-11(17)14-9(10(15)16)4-8-5-12-7-13-6-8/h2,5-7,9H,1,3-4H2,(H,14,17)(H,15,16)/t9-/m1/s1. The number of aromatic nitrogens is 2. The van der Waals surface area contributed by atoms with Crippen molar-refractivity contribution in [1.82, 2.24) is 15.3 Å². The van der Waals surface area contributed by atoms with Crippen molar-refractivity contribution in [1.29, 1.82) is 0 Å². The first-order valence-electron chi connectivity index (χ1n) is 5.14. The lowest BCUT2D eigenvalue weighted by atomic mass is 10.1. The average Bonchev–Trinajstić information content (AvgIpc) is 2.36. The van der Waals surface area contributed by atoms with E-state index < -0.39 is 18.1 Å². The molecule has 0 aromatic carbocycles. The van der Waals surface area contributed by atoms with Crippen LogP contribution in [0.15, 0.2) is 31.4 Å². The minimum Gasteiger partial charge on any atom is -0.480 e. The molecule has 0 radical (unpaired) electrons. The highest BCUT2D eigenvalue weighted by atomic mass is 16.5. The number of rotatable bonds is 6. The topological polar surface area (TPSA) is 101 Å². The molecule has 96 valence electrons.